The van der Waals surface area contributed by atoms with E-state index in [0.29, 0.717) is 0 Å². The normalized spacial score (nSPS) is 10.1. The van der Waals surface area contributed by atoms with E-state index in [-0.39, 0.29) is 0 Å². The summed E-state index contributed by atoms with van der Waals surface area (Å²) < 4.78 is 1.96. The van der Waals surface area contributed by atoms with Crippen molar-refractivity contribution in [2.45, 2.75) is 13.5 Å². The Morgan fingerprint density at radius 3 is 2.64 bits per heavy atom. The molecule has 0 unspecified atom stereocenters. The maximum atomic E-state index is 3.28. The minimum absolute atomic E-state index is 0.857. The summed E-state index contributed by atoms with van der Waals surface area (Å²) in [6.07, 6.45) is 3.99. The zero-order valence-corrected chi connectivity index (χ0v) is 8.27. The maximum absolute atomic E-state index is 3.28. The molecule has 0 saturated carbocycles. The van der Waals surface area contributed by atoms with Gasteiger partial charge in [-0.2, -0.15) is 0 Å². The highest BCUT2D eigenvalue weighted by atomic mass is 15.4. The van der Waals surface area contributed by atoms with Gasteiger partial charge >= 0.3 is 0 Å². The van der Waals surface area contributed by atoms with Crippen molar-refractivity contribution in [1.82, 2.24) is 4.68 Å². The van der Waals surface area contributed by atoms with Gasteiger partial charge in [0, 0.05) is 12.4 Å². The minimum Gasteiger partial charge on any atom is -0.322 e. The number of aryl methyl sites for hydroxylation is 1. The molecule has 1 aromatic heterocycles. The van der Waals surface area contributed by atoms with Gasteiger partial charge in [-0.1, -0.05) is 29.8 Å². The molecule has 2 aromatic rings. The second-order valence-electron chi connectivity index (χ2n) is 3.41. The molecule has 0 aliphatic carbocycles. The first-order valence-electron chi connectivity index (χ1n) is 4.77. The molecule has 2 nitrogen and oxygen atoms in total. The summed E-state index contributed by atoms with van der Waals surface area (Å²) in [7, 11) is 0. The van der Waals surface area contributed by atoms with Gasteiger partial charge in [-0.25, -0.2) is 0 Å². The van der Waals surface area contributed by atoms with Crippen molar-refractivity contribution >= 4 is 0 Å². The lowest BCUT2D eigenvalue weighted by molar-refractivity contribution is 0.846. The van der Waals surface area contributed by atoms with Crippen LogP contribution in [0.2, 0.25) is 0 Å². The van der Waals surface area contributed by atoms with Crippen LogP contribution in [0.4, 0.5) is 0 Å². The van der Waals surface area contributed by atoms with Crippen molar-refractivity contribution < 1.29 is 0 Å². The second-order valence-corrected chi connectivity index (χ2v) is 3.41. The Hall–Kier alpha value is -1.70. The predicted molar refractivity (Wildman–Crippen MR) is 58.7 cm³/mol. The Bertz CT molecular complexity index is 390. The highest BCUT2D eigenvalue weighted by Crippen LogP contribution is 2.03. The molecule has 0 fully saturated rings. The average Bonchev–Trinajstić information content (AvgIpc) is 2.67. The smallest absolute Gasteiger partial charge is 0.0564 e. The van der Waals surface area contributed by atoms with E-state index in [1.807, 2.05) is 29.2 Å². The van der Waals surface area contributed by atoms with Crippen LogP contribution in [0.25, 0.3) is 0 Å². The maximum Gasteiger partial charge on any atom is 0.0564 e. The summed E-state index contributed by atoms with van der Waals surface area (Å²) in [5.41, 5.74) is 5.89. The Morgan fingerprint density at radius 2 is 1.93 bits per heavy atom. The largest absolute Gasteiger partial charge is 0.322 e. The summed E-state index contributed by atoms with van der Waals surface area (Å²) in [5.74, 6) is 0. The van der Waals surface area contributed by atoms with Crippen molar-refractivity contribution in [3.63, 3.8) is 0 Å². The van der Waals surface area contributed by atoms with Gasteiger partial charge in [0.1, 0.15) is 0 Å². The standard InChI is InChI=1S/C12H14N2/c1-11-5-4-6-12(9-11)10-13-14-7-2-3-8-14/h2-9,13H,10H2,1H3. The Balaban J connectivity index is 1.98. The van der Waals surface area contributed by atoms with Crippen LogP contribution in [0.1, 0.15) is 11.1 Å². The topological polar surface area (TPSA) is 17.0 Å². The van der Waals surface area contributed by atoms with E-state index in [1.165, 1.54) is 11.1 Å². The molecule has 0 saturated heterocycles. The van der Waals surface area contributed by atoms with Crippen LogP contribution in [0.5, 0.6) is 0 Å². The molecule has 0 aliphatic rings. The Labute approximate surface area is 84.2 Å². The fourth-order valence-corrected chi connectivity index (χ4v) is 1.44. The number of rotatable bonds is 3. The highest BCUT2D eigenvalue weighted by molar-refractivity contribution is 5.22. The molecule has 14 heavy (non-hydrogen) atoms. The first kappa shape index (κ1) is 8.88. The zero-order chi connectivity index (χ0) is 9.80. The fraction of sp³-hybridized carbons (Fsp3) is 0.167. The van der Waals surface area contributed by atoms with Crippen LogP contribution in [-0.2, 0) is 6.54 Å². The van der Waals surface area contributed by atoms with Gasteiger partial charge in [0.25, 0.3) is 0 Å². The van der Waals surface area contributed by atoms with Crippen LogP contribution in [0, 0.1) is 6.92 Å². The summed E-state index contributed by atoms with van der Waals surface area (Å²) in [4.78, 5) is 0. The van der Waals surface area contributed by atoms with Gasteiger partial charge in [0.05, 0.1) is 6.54 Å². The molecule has 2 rings (SSSR count). The van der Waals surface area contributed by atoms with Gasteiger partial charge in [0.2, 0.25) is 0 Å². The third-order valence-electron chi connectivity index (χ3n) is 2.15. The molecule has 0 aliphatic heterocycles. The van der Waals surface area contributed by atoms with E-state index in [4.69, 9.17) is 0 Å². The van der Waals surface area contributed by atoms with Crippen LogP contribution in [-0.4, -0.2) is 4.68 Å². The van der Waals surface area contributed by atoms with Crippen molar-refractivity contribution in [2.24, 2.45) is 0 Å². The first-order valence-corrected chi connectivity index (χ1v) is 4.77. The van der Waals surface area contributed by atoms with Crippen LogP contribution >= 0.6 is 0 Å². The molecule has 72 valence electrons. The van der Waals surface area contributed by atoms with Gasteiger partial charge < -0.3 is 5.43 Å². The lowest BCUT2D eigenvalue weighted by atomic mass is 10.1. The van der Waals surface area contributed by atoms with E-state index in [2.05, 4.69) is 36.6 Å². The number of benzene rings is 1. The van der Waals surface area contributed by atoms with E-state index < -0.39 is 0 Å². The van der Waals surface area contributed by atoms with Crippen molar-refractivity contribution in [3.8, 4) is 0 Å². The first-order chi connectivity index (χ1) is 6.84. The molecule has 1 N–H and O–H groups in total. The van der Waals surface area contributed by atoms with E-state index in [0.717, 1.165) is 6.54 Å². The summed E-state index contributed by atoms with van der Waals surface area (Å²) in [6.45, 7) is 2.97. The zero-order valence-electron chi connectivity index (χ0n) is 8.27. The van der Waals surface area contributed by atoms with Crippen molar-refractivity contribution in [2.75, 3.05) is 5.43 Å². The number of aromatic nitrogens is 1. The number of hydrogen-bond acceptors (Lipinski definition) is 1. The molecular weight excluding hydrogens is 172 g/mol. The Kier molecular flexibility index (Phi) is 2.54. The summed E-state index contributed by atoms with van der Waals surface area (Å²) in [5, 5.41) is 0. The predicted octanol–water partition coefficient (Wildman–Crippen LogP) is 2.54. The molecule has 0 amide bonds. The minimum atomic E-state index is 0.857. The van der Waals surface area contributed by atoms with Crippen LogP contribution in [0.15, 0.2) is 48.8 Å². The summed E-state index contributed by atoms with van der Waals surface area (Å²) >= 11 is 0. The van der Waals surface area contributed by atoms with Crippen LogP contribution in [0.3, 0.4) is 0 Å². The number of nitrogens with zero attached hydrogens (tertiary/aromatic N) is 1. The highest BCUT2D eigenvalue weighted by Gasteiger charge is 1.92. The third-order valence-corrected chi connectivity index (χ3v) is 2.15. The van der Waals surface area contributed by atoms with Gasteiger partial charge in [-0.05, 0) is 24.6 Å². The van der Waals surface area contributed by atoms with Gasteiger partial charge in [-0.3, -0.25) is 4.68 Å². The second kappa shape index (κ2) is 4.01. The molecule has 1 aromatic carbocycles. The molecule has 0 bridgehead atoms. The van der Waals surface area contributed by atoms with E-state index in [9.17, 15) is 0 Å². The average molecular weight is 186 g/mol. The molecular formula is C12H14N2. The number of hydrogen-bond donors (Lipinski definition) is 1. The fourth-order valence-electron chi connectivity index (χ4n) is 1.44. The SMILES string of the molecule is Cc1cccc(CNn2cccc2)c1. The van der Waals surface area contributed by atoms with Crippen LogP contribution < -0.4 is 5.43 Å². The van der Waals surface area contributed by atoms with Crippen molar-refractivity contribution in [1.29, 1.82) is 0 Å². The van der Waals surface area contributed by atoms with Gasteiger partial charge in [0.15, 0.2) is 0 Å². The molecule has 2 heteroatoms. The molecule has 1 heterocycles. The van der Waals surface area contributed by atoms with Gasteiger partial charge in [-0.15, -0.1) is 0 Å². The Morgan fingerprint density at radius 1 is 1.14 bits per heavy atom. The van der Waals surface area contributed by atoms with E-state index in [1.54, 1.807) is 0 Å². The third kappa shape index (κ3) is 2.16. The lowest BCUT2D eigenvalue weighted by Gasteiger charge is -2.07. The molecule has 0 atom stereocenters. The molecule has 0 spiro atoms. The summed E-state index contributed by atoms with van der Waals surface area (Å²) in [6, 6.07) is 12.5. The lowest BCUT2D eigenvalue weighted by Crippen LogP contribution is -2.11. The molecule has 0 radical (unpaired) electrons. The van der Waals surface area contributed by atoms with Crippen molar-refractivity contribution in [3.05, 3.63) is 59.9 Å². The monoisotopic (exact) mass is 186 g/mol. The number of nitrogens with one attached hydrogen (secondary N) is 1. The van der Waals surface area contributed by atoms with E-state index >= 15 is 0 Å². The quantitative estimate of drug-likeness (QED) is 0.779.